The lowest BCUT2D eigenvalue weighted by molar-refractivity contribution is -0.118. The summed E-state index contributed by atoms with van der Waals surface area (Å²) in [6.45, 7) is 0. The zero-order valence-corrected chi connectivity index (χ0v) is 15.4. The first-order chi connectivity index (χ1) is 12.2. The summed E-state index contributed by atoms with van der Waals surface area (Å²) < 4.78 is 2.83. The van der Waals surface area contributed by atoms with Crippen LogP contribution in [0.1, 0.15) is 5.56 Å². The van der Waals surface area contributed by atoms with E-state index in [9.17, 15) is 4.79 Å². The Morgan fingerprint density at radius 1 is 1.20 bits per heavy atom. The van der Waals surface area contributed by atoms with Crippen molar-refractivity contribution in [3.8, 4) is 5.69 Å². The van der Waals surface area contributed by atoms with Gasteiger partial charge in [-0.25, -0.2) is 5.43 Å². The molecule has 0 aliphatic heterocycles. The largest absolute Gasteiger partial charge is 0.277 e. The molecule has 0 saturated heterocycles. The number of carbonyl (C=O) groups is 1. The van der Waals surface area contributed by atoms with Crippen molar-refractivity contribution in [1.82, 2.24) is 20.2 Å². The smallest absolute Gasteiger partial charge is 0.250 e. The van der Waals surface area contributed by atoms with Crippen molar-refractivity contribution in [2.45, 2.75) is 5.16 Å². The van der Waals surface area contributed by atoms with Crippen LogP contribution < -0.4 is 5.43 Å². The number of benzene rings is 2. The highest BCUT2D eigenvalue weighted by Gasteiger charge is 2.09. The number of hydrogen-bond donors (Lipinski definition) is 1. The van der Waals surface area contributed by atoms with Gasteiger partial charge in [0, 0.05) is 10.2 Å². The van der Waals surface area contributed by atoms with E-state index < -0.39 is 0 Å². The maximum Gasteiger partial charge on any atom is 0.250 e. The Bertz CT molecular complexity index is 864. The first kappa shape index (κ1) is 17.4. The normalized spacial score (nSPS) is 10.9. The SMILES string of the molecule is O=C(CSc1nncn1-c1ccccc1)N/N=C/c1ccc(Br)cc1. The van der Waals surface area contributed by atoms with Crippen molar-refractivity contribution < 1.29 is 4.79 Å². The number of nitrogens with one attached hydrogen (secondary N) is 1. The molecule has 0 aliphatic carbocycles. The third kappa shape index (κ3) is 5.01. The fourth-order valence-electron chi connectivity index (χ4n) is 1.98. The topological polar surface area (TPSA) is 72.2 Å². The molecule has 8 heteroatoms. The minimum atomic E-state index is -0.207. The Balaban J connectivity index is 1.53. The van der Waals surface area contributed by atoms with Crippen LogP contribution >= 0.6 is 27.7 Å². The quantitative estimate of drug-likeness (QED) is 0.380. The van der Waals surface area contributed by atoms with Gasteiger partial charge >= 0.3 is 0 Å². The summed E-state index contributed by atoms with van der Waals surface area (Å²) in [5.74, 6) is -0.00981. The van der Waals surface area contributed by atoms with Gasteiger partial charge in [0.05, 0.1) is 12.0 Å². The molecule has 1 heterocycles. The molecule has 1 amide bonds. The highest BCUT2D eigenvalue weighted by molar-refractivity contribution is 9.10. The van der Waals surface area contributed by atoms with Gasteiger partial charge in [-0.1, -0.05) is 58.0 Å². The van der Waals surface area contributed by atoms with Gasteiger partial charge in [0.25, 0.3) is 5.91 Å². The standard InChI is InChI=1S/C17H14BrN5OS/c18-14-8-6-13(7-9-14)10-19-21-16(24)11-25-17-22-20-12-23(17)15-4-2-1-3-5-15/h1-10,12H,11H2,(H,21,24)/b19-10+. The Morgan fingerprint density at radius 3 is 2.72 bits per heavy atom. The molecule has 0 bridgehead atoms. The first-order valence-electron chi connectivity index (χ1n) is 7.38. The van der Waals surface area contributed by atoms with Gasteiger partial charge in [-0.05, 0) is 29.8 Å². The zero-order valence-electron chi connectivity index (χ0n) is 13.0. The maximum atomic E-state index is 11.9. The number of hydrazone groups is 1. The summed E-state index contributed by atoms with van der Waals surface area (Å²) in [4.78, 5) is 11.9. The molecule has 0 aliphatic rings. The van der Waals surface area contributed by atoms with Crippen LogP contribution in [0.2, 0.25) is 0 Å². The summed E-state index contributed by atoms with van der Waals surface area (Å²) in [5.41, 5.74) is 4.36. The van der Waals surface area contributed by atoms with E-state index in [2.05, 4.69) is 36.7 Å². The molecular formula is C17H14BrN5OS. The van der Waals surface area contributed by atoms with Crippen LogP contribution in [0.15, 0.2) is 75.7 Å². The lowest BCUT2D eigenvalue weighted by Crippen LogP contribution is -2.19. The minimum Gasteiger partial charge on any atom is -0.277 e. The molecule has 1 N–H and O–H groups in total. The first-order valence-corrected chi connectivity index (χ1v) is 9.16. The molecule has 25 heavy (non-hydrogen) atoms. The third-order valence-corrected chi connectivity index (χ3v) is 4.63. The van der Waals surface area contributed by atoms with E-state index >= 15 is 0 Å². The van der Waals surface area contributed by atoms with Crippen molar-refractivity contribution in [1.29, 1.82) is 0 Å². The average molecular weight is 416 g/mol. The number of carbonyl (C=O) groups excluding carboxylic acids is 1. The third-order valence-electron chi connectivity index (χ3n) is 3.16. The molecule has 0 spiro atoms. The number of halogens is 1. The number of hydrogen-bond acceptors (Lipinski definition) is 5. The average Bonchev–Trinajstić information content (AvgIpc) is 3.11. The molecule has 0 fully saturated rings. The molecule has 0 radical (unpaired) electrons. The van der Waals surface area contributed by atoms with Crippen LogP contribution in [0.3, 0.4) is 0 Å². The summed E-state index contributed by atoms with van der Waals surface area (Å²) in [7, 11) is 0. The van der Waals surface area contributed by atoms with Gasteiger partial charge in [0.2, 0.25) is 0 Å². The number of aromatic nitrogens is 3. The second-order valence-electron chi connectivity index (χ2n) is 4.95. The molecule has 126 valence electrons. The molecule has 0 saturated carbocycles. The van der Waals surface area contributed by atoms with Crippen molar-refractivity contribution in [2.24, 2.45) is 5.10 Å². The van der Waals surface area contributed by atoms with E-state index in [1.54, 1.807) is 12.5 Å². The Labute approximate surface area is 157 Å². The molecular weight excluding hydrogens is 402 g/mol. The van der Waals surface area contributed by atoms with E-state index in [0.717, 1.165) is 15.7 Å². The molecule has 0 atom stereocenters. The van der Waals surface area contributed by atoms with E-state index in [-0.39, 0.29) is 11.7 Å². The van der Waals surface area contributed by atoms with Crippen LogP contribution in [0.25, 0.3) is 5.69 Å². The van der Waals surface area contributed by atoms with Crippen LogP contribution in [0, 0.1) is 0 Å². The minimum absolute atomic E-state index is 0.198. The number of rotatable bonds is 6. The number of amides is 1. The van der Waals surface area contributed by atoms with E-state index in [1.807, 2.05) is 59.2 Å². The summed E-state index contributed by atoms with van der Waals surface area (Å²) >= 11 is 4.67. The summed E-state index contributed by atoms with van der Waals surface area (Å²) in [5, 5.41) is 12.6. The maximum absolute atomic E-state index is 11.9. The van der Waals surface area contributed by atoms with Crippen molar-refractivity contribution in [3.63, 3.8) is 0 Å². The van der Waals surface area contributed by atoms with E-state index in [4.69, 9.17) is 0 Å². The highest BCUT2D eigenvalue weighted by Crippen LogP contribution is 2.18. The Kier molecular flexibility index (Phi) is 5.97. The van der Waals surface area contributed by atoms with Gasteiger partial charge < -0.3 is 0 Å². The lowest BCUT2D eigenvalue weighted by Gasteiger charge is -2.05. The summed E-state index contributed by atoms with van der Waals surface area (Å²) in [6, 6.07) is 17.3. The van der Waals surface area contributed by atoms with Gasteiger partial charge in [-0.3, -0.25) is 9.36 Å². The molecule has 3 rings (SSSR count). The summed E-state index contributed by atoms with van der Waals surface area (Å²) in [6.07, 6.45) is 3.22. The predicted octanol–water partition coefficient (Wildman–Crippen LogP) is 3.27. The van der Waals surface area contributed by atoms with Crippen LogP contribution in [-0.4, -0.2) is 32.6 Å². The van der Waals surface area contributed by atoms with Gasteiger partial charge in [0.1, 0.15) is 6.33 Å². The second kappa shape index (κ2) is 8.59. The monoisotopic (exact) mass is 415 g/mol. The fourth-order valence-corrected chi connectivity index (χ4v) is 2.96. The lowest BCUT2D eigenvalue weighted by atomic mass is 10.2. The van der Waals surface area contributed by atoms with Crippen LogP contribution in [0.4, 0.5) is 0 Å². The van der Waals surface area contributed by atoms with Crippen molar-refractivity contribution in [2.75, 3.05) is 5.75 Å². The van der Waals surface area contributed by atoms with Gasteiger partial charge in [-0.15, -0.1) is 10.2 Å². The predicted molar refractivity (Wildman–Crippen MR) is 102 cm³/mol. The van der Waals surface area contributed by atoms with Gasteiger partial charge in [0.15, 0.2) is 5.16 Å². The Hall–Kier alpha value is -2.45. The molecule has 0 unspecified atom stereocenters. The molecule has 2 aromatic carbocycles. The van der Waals surface area contributed by atoms with E-state index in [0.29, 0.717) is 5.16 Å². The fraction of sp³-hybridized carbons (Fsp3) is 0.0588. The van der Waals surface area contributed by atoms with Crippen LogP contribution in [0.5, 0.6) is 0 Å². The number of thioether (sulfide) groups is 1. The zero-order chi connectivity index (χ0) is 17.5. The van der Waals surface area contributed by atoms with Crippen molar-refractivity contribution >= 4 is 39.8 Å². The molecule has 3 aromatic rings. The Morgan fingerprint density at radius 2 is 1.96 bits per heavy atom. The number of nitrogens with zero attached hydrogens (tertiary/aromatic N) is 4. The van der Waals surface area contributed by atoms with Gasteiger partial charge in [-0.2, -0.15) is 5.10 Å². The molecule has 1 aromatic heterocycles. The second-order valence-corrected chi connectivity index (χ2v) is 6.81. The van der Waals surface area contributed by atoms with Crippen molar-refractivity contribution in [3.05, 3.63) is 71.0 Å². The highest BCUT2D eigenvalue weighted by atomic mass is 79.9. The molecule has 6 nitrogen and oxygen atoms in total. The van der Waals surface area contributed by atoms with E-state index in [1.165, 1.54) is 11.8 Å². The van der Waals surface area contributed by atoms with Crippen LogP contribution in [-0.2, 0) is 4.79 Å². The number of para-hydroxylation sites is 1.